The highest BCUT2D eigenvalue weighted by atomic mass is 32.1. The SMILES string of the molecule is Cc1ccc(-c2n[nH]c(=S)n2CC(=O)NCc2ccc(OCC(F)(F)F)cc2)cc1. The lowest BCUT2D eigenvalue weighted by molar-refractivity contribution is -0.153. The number of nitrogens with one attached hydrogen (secondary N) is 2. The van der Waals surface area contributed by atoms with Gasteiger partial charge in [0.05, 0.1) is 0 Å². The van der Waals surface area contributed by atoms with Crippen molar-refractivity contribution in [2.75, 3.05) is 6.61 Å². The Hall–Kier alpha value is -3.14. The van der Waals surface area contributed by atoms with Crippen molar-refractivity contribution < 1.29 is 22.7 Å². The quantitative estimate of drug-likeness (QED) is 0.546. The van der Waals surface area contributed by atoms with Gasteiger partial charge in [-0.15, -0.1) is 0 Å². The average Bonchev–Trinajstić information content (AvgIpc) is 3.06. The summed E-state index contributed by atoms with van der Waals surface area (Å²) in [5.74, 6) is 0.384. The fourth-order valence-corrected chi connectivity index (χ4v) is 2.85. The Labute approximate surface area is 175 Å². The molecule has 0 aliphatic heterocycles. The van der Waals surface area contributed by atoms with Gasteiger partial charge >= 0.3 is 6.18 Å². The van der Waals surface area contributed by atoms with Gasteiger partial charge in [-0.2, -0.15) is 18.3 Å². The summed E-state index contributed by atoms with van der Waals surface area (Å²) in [5, 5.41) is 9.66. The number of carbonyl (C=O) groups is 1. The number of H-pyrrole nitrogens is 1. The third-order valence-corrected chi connectivity index (χ3v) is 4.50. The highest BCUT2D eigenvalue weighted by Crippen LogP contribution is 2.19. The fourth-order valence-electron chi connectivity index (χ4n) is 2.66. The summed E-state index contributed by atoms with van der Waals surface area (Å²) >= 11 is 5.23. The number of rotatable bonds is 7. The molecule has 0 radical (unpaired) electrons. The first-order valence-electron chi connectivity index (χ1n) is 8.99. The monoisotopic (exact) mass is 436 g/mol. The summed E-state index contributed by atoms with van der Waals surface area (Å²) in [4.78, 5) is 12.4. The van der Waals surface area contributed by atoms with E-state index in [9.17, 15) is 18.0 Å². The minimum Gasteiger partial charge on any atom is -0.484 e. The lowest BCUT2D eigenvalue weighted by Crippen LogP contribution is -2.27. The molecule has 2 aromatic carbocycles. The van der Waals surface area contributed by atoms with Crippen molar-refractivity contribution in [2.24, 2.45) is 0 Å². The third-order valence-electron chi connectivity index (χ3n) is 4.19. The van der Waals surface area contributed by atoms with Crippen LogP contribution in [-0.4, -0.2) is 33.5 Å². The molecule has 158 valence electrons. The minimum absolute atomic E-state index is 0.0225. The zero-order valence-electron chi connectivity index (χ0n) is 16.0. The van der Waals surface area contributed by atoms with Crippen LogP contribution >= 0.6 is 12.2 Å². The Morgan fingerprint density at radius 3 is 2.47 bits per heavy atom. The highest BCUT2D eigenvalue weighted by Gasteiger charge is 2.28. The van der Waals surface area contributed by atoms with E-state index in [0.29, 0.717) is 10.6 Å². The van der Waals surface area contributed by atoms with E-state index in [4.69, 9.17) is 12.2 Å². The first-order valence-corrected chi connectivity index (χ1v) is 9.39. The number of nitrogens with zero attached hydrogens (tertiary/aromatic N) is 2. The van der Waals surface area contributed by atoms with E-state index < -0.39 is 12.8 Å². The van der Waals surface area contributed by atoms with Crippen LogP contribution in [0.2, 0.25) is 0 Å². The molecule has 0 saturated carbocycles. The average molecular weight is 436 g/mol. The molecule has 0 bridgehead atoms. The van der Waals surface area contributed by atoms with Crippen molar-refractivity contribution in [2.45, 2.75) is 26.2 Å². The number of halogens is 3. The van der Waals surface area contributed by atoms with Crippen LogP contribution in [0.1, 0.15) is 11.1 Å². The molecule has 0 spiro atoms. The molecule has 0 aliphatic carbocycles. The van der Waals surface area contributed by atoms with Crippen molar-refractivity contribution >= 4 is 18.1 Å². The molecule has 10 heteroatoms. The molecule has 0 aliphatic rings. The van der Waals surface area contributed by atoms with Crippen molar-refractivity contribution in [3.8, 4) is 17.1 Å². The number of amides is 1. The van der Waals surface area contributed by atoms with E-state index in [0.717, 1.165) is 16.7 Å². The summed E-state index contributed by atoms with van der Waals surface area (Å²) in [5.41, 5.74) is 2.65. The molecule has 0 fully saturated rings. The molecule has 1 heterocycles. The number of benzene rings is 2. The van der Waals surface area contributed by atoms with Gasteiger partial charge in [0.1, 0.15) is 12.3 Å². The summed E-state index contributed by atoms with van der Waals surface area (Å²) in [6, 6.07) is 13.7. The van der Waals surface area contributed by atoms with Crippen LogP contribution in [0, 0.1) is 11.7 Å². The lowest BCUT2D eigenvalue weighted by Gasteiger charge is -2.11. The Morgan fingerprint density at radius 2 is 1.83 bits per heavy atom. The van der Waals surface area contributed by atoms with Gasteiger partial charge in [-0.3, -0.25) is 14.5 Å². The summed E-state index contributed by atoms with van der Waals surface area (Å²) in [6.45, 7) is 0.815. The van der Waals surface area contributed by atoms with Gasteiger partial charge in [0.25, 0.3) is 0 Å². The normalized spacial score (nSPS) is 11.3. The Kier molecular flexibility index (Phi) is 6.56. The number of aryl methyl sites for hydroxylation is 1. The standard InChI is InChI=1S/C20H19F3N4O2S/c1-13-2-6-15(7-3-13)18-25-26-19(30)27(18)11-17(28)24-10-14-4-8-16(9-5-14)29-12-20(21,22)23/h2-9H,10-12H2,1H3,(H,24,28)(H,26,30). The molecule has 0 unspecified atom stereocenters. The zero-order valence-corrected chi connectivity index (χ0v) is 16.8. The number of aromatic amines is 1. The molecular weight excluding hydrogens is 417 g/mol. The number of hydrogen-bond donors (Lipinski definition) is 2. The Morgan fingerprint density at radius 1 is 1.17 bits per heavy atom. The van der Waals surface area contributed by atoms with E-state index in [1.165, 1.54) is 12.1 Å². The molecule has 1 aromatic heterocycles. The van der Waals surface area contributed by atoms with Gasteiger partial charge in [-0.25, -0.2) is 0 Å². The molecule has 0 atom stereocenters. The first kappa shape index (κ1) is 21.6. The van der Waals surface area contributed by atoms with Crippen LogP contribution in [0.25, 0.3) is 11.4 Å². The van der Waals surface area contributed by atoms with Gasteiger partial charge in [-0.05, 0) is 36.8 Å². The fraction of sp³-hybridized carbons (Fsp3) is 0.250. The molecule has 2 N–H and O–H groups in total. The van der Waals surface area contributed by atoms with Crippen molar-refractivity contribution in [3.05, 3.63) is 64.4 Å². The predicted molar refractivity (Wildman–Crippen MR) is 107 cm³/mol. The maximum Gasteiger partial charge on any atom is 0.422 e. The number of carbonyl (C=O) groups excluding carboxylic acids is 1. The van der Waals surface area contributed by atoms with Gasteiger partial charge in [-0.1, -0.05) is 42.0 Å². The molecule has 6 nitrogen and oxygen atoms in total. The van der Waals surface area contributed by atoms with Crippen LogP contribution in [0.4, 0.5) is 13.2 Å². The van der Waals surface area contributed by atoms with Gasteiger partial charge in [0.2, 0.25) is 5.91 Å². The predicted octanol–water partition coefficient (Wildman–Crippen LogP) is 4.17. The second-order valence-electron chi connectivity index (χ2n) is 6.63. The zero-order chi connectivity index (χ0) is 21.7. The molecule has 3 rings (SSSR count). The second kappa shape index (κ2) is 9.12. The number of alkyl halides is 3. The topological polar surface area (TPSA) is 71.9 Å². The highest BCUT2D eigenvalue weighted by molar-refractivity contribution is 7.71. The smallest absolute Gasteiger partial charge is 0.422 e. The molecular formula is C20H19F3N4O2S. The maximum atomic E-state index is 12.4. The van der Waals surface area contributed by atoms with Crippen LogP contribution in [0.5, 0.6) is 5.75 Å². The number of ether oxygens (including phenoxy) is 1. The van der Waals surface area contributed by atoms with Crippen molar-refractivity contribution in [1.82, 2.24) is 20.1 Å². The summed E-state index contributed by atoms with van der Waals surface area (Å²) in [6.07, 6.45) is -4.39. The van der Waals surface area contributed by atoms with E-state index in [-0.39, 0.29) is 24.7 Å². The van der Waals surface area contributed by atoms with Crippen LogP contribution < -0.4 is 10.1 Å². The largest absolute Gasteiger partial charge is 0.484 e. The third kappa shape index (κ3) is 5.93. The van der Waals surface area contributed by atoms with E-state index in [2.05, 4.69) is 20.3 Å². The van der Waals surface area contributed by atoms with Gasteiger partial charge < -0.3 is 10.1 Å². The molecule has 3 aromatic rings. The second-order valence-corrected chi connectivity index (χ2v) is 7.02. The Balaban J connectivity index is 1.58. The Bertz CT molecular complexity index is 1060. The van der Waals surface area contributed by atoms with Crippen LogP contribution in [0.15, 0.2) is 48.5 Å². The van der Waals surface area contributed by atoms with Crippen LogP contribution in [-0.2, 0) is 17.9 Å². The lowest BCUT2D eigenvalue weighted by atomic mass is 10.1. The molecule has 0 saturated heterocycles. The molecule has 30 heavy (non-hydrogen) atoms. The number of hydrogen-bond acceptors (Lipinski definition) is 4. The number of aromatic nitrogens is 3. The van der Waals surface area contributed by atoms with Crippen molar-refractivity contribution in [3.63, 3.8) is 0 Å². The van der Waals surface area contributed by atoms with E-state index in [1.807, 2.05) is 31.2 Å². The maximum absolute atomic E-state index is 12.4. The van der Waals surface area contributed by atoms with E-state index >= 15 is 0 Å². The van der Waals surface area contributed by atoms with Gasteiger partial charge in [0.15, 0.2) is 17.2 Å². The summed E-state index contributed by atoms with van der Waals surface area (Å²) in [7, 11) is 0. The summed E-state index contributed by atoms with van der Waals surface area (Å²) < 4.78 is 43.1. The van der Waals surface area contributed by atoms with E-state index in [1.54, 1.807) is 16.7 Å². The van der Waals surface area contributed by atoms with Gasteiger partial charge in [0, 0.05) is 12.1 Å². The first-order chi connectivity index (χ1) is 14.2. The van der Waals surface area contributed by atoms with Crippen LogP contribution in [0.3, 0.4) is 0 Å². The molecule has 1 amide bonds. The van der Waals surface area contributed by atoms with Crippen molar-refractivity contribution in [1.29, 1.82) is 0 Å². The minimum atomic E-state index is -4.39.